The fraction of sp³-hybridized carbons (Fsp3) is 0.200. The Hall–Kier alpha value is -1.95. The molecule has 2 heterocycles. The number of pyridine rings is 1. The SMILES string of the molecule is Cc1cncc(Cn2cc(Cl)c([N+](=O)[O-])n2)c1. The molecule has 0 atom stereocenters. The second-order valence-electron chi connectivity index (χ2n) is 3.63. The van der Waals surface area contributed by atoms with Crippen LogP contribution in [0.3, 0.4) is 0 Å². The summed E-state index contributed by atoms with van der Waals surface area (Å²) in [5.41, 5.74) is 1.94. The van der Waals surface area contributed by atoms with E-state index in [1.54, 1.807) is 12.4 Å². The predicted octanol–water partition coefficient (Wildman–Crippen LogP) is 2.20. The Balaban J connectivity index is 2.25. The van der Waals surface area contributed by atoms with Gasteiger partial charge in [-0.15, -0.1) is 0 Å². The average molecular weight is 253 g/mol. The summed E-state index contributed by atoms with van der Waals surface area (Å²) in [6.45, 7) is 2.33. The first-order valence-electron chi connectivity index (χ1n) is 4.84. The monoisotopic (exact) mass is 252 g/mol. The molecule has 0 N–H and O–H groups in total. The van der Waals surface area contributed by atoms with Crippen LogP contribution in [-0.2, 0) is 6.54 Å². The van der Waals surface area contributed by atoms with Gasteiger partial charge in [0.1, 0.15) is 0 Å². The number of nitrogens with zero attached hydrogens (tertiary/aromatic N) is 4. The first kappa shape index (κ1) is 11.5. The van der Waals surface area contributed by atoms with Gasteiger partial charge in [0.25, 0.3) is 0 Å². The van der Waals surface area contributed by atoms with Crippen LogP contribution in [0.1, 0.15) is 11.1 Å². The van der Waals surface area contributed by atoms with E-state index in [1.165, 1.54) is 10.9 Å². The molecule has 0 aliphatic rings. The molecule has 2 aromatic heterocycles. The molecule has 2 rings (SSSR count). The number of rotatable bonds is 3. The molecule has 0 unspecified atom stereocenters. The van der Waals surface area contributed by atoms with E-state index in [9.17, 15) is 10.1 Å². The molecule has 0 amide bonds. The van der Waals surface area contributed by atoms with Gasteiger partial charge in [-0.3, -0.25) is 4.98 Å². The maximum Gasteiger partial charge on any atom is 0.408 e. The molecule has 0 radical (unpaired) electrons. The molecule has 6 nitrogen and oxygen atoms in total. The zero-order valence-electron chi connectivity index (χ0n) is 9.00. The lowest BCUT2D eigenvalue weighted by molar-refractivity contribution is -0.389. The van der Waals surface area contributed by atoms with Crippen LogP contribution in [0, 0.1) is 17.0 Å². The lowest BCUT2D eigenvalue weighted by atomic mass is 10.2. The van der Waals surface area contributed by atoms with E-state index >= 15 is 0 Å². The zero-order valence-corrected chi connectivity index (χ0v) is 9.76. The van der Waals surface area contributed by atoms with Crippen LogP contribution in [0.5, 0.6) is 0 Å². The maximum atomic E-state index is 10.6. The third-order valence-electron chi connectivity index (χ3n) is 2.15. The minimum atomic E-state index is -0.604. The largest absolute Gasteiger partial charge is 0.408 e. The van der Waals surface area contributed by atoms with Gasteiger partial charge in [-0.1, -0.05) is 17.7 Å². The van der Waals surface area contributed by atoms with Crippen LogP contribution in [0.25, 0.3) is 0 Å². The average Bonchev–Trinajstić information content (AvgIpc) is 2.59. The maximum absolute atomic E-state index is 10.6. The Kier molecular flexibility index (Phi) is 3.06. The highest BCUT2D eigenvalue weighted by molar-refractivity contribution is 6.32. The molecule has 0 saturated carbocycles. The number of hydrogen-bond acceptors (Lipinski definition) is 4. The third-order valence-corrected chi connectivity index (χ3v) is 2.41. The van der Waals surface area contributed by atoms with Gasteiger partial charge >= 0.3 is 5.82 Å². The van der Waals surface area contributed by atoms with Crippen LogP contribution >= 0.6 is 11.6 Å². The van der Waals surface area contributed by atoms with E-state index in [-0.39, 0.29) is 10.8 Å². The fourth-order valence-corrected chi connectivity index (χ4v) is 1.70. The van der Waals surface area contributed by atoms with E-state index in [1.807, 2.05) is 13.0 Å². The molecule has 17 heavy (non-hydrogen) atoms. The van der Waals surface area contributed by atoms with Gasteiger partial charge in [0.05, 0.1) is 17.8 Å². The van der Waals surface area contributed by atoms with Gasteiger partial charge in [0.2, 0.25) is 0 Å². The topological polar surface area (TPSA) is 73.8 Å². The van der Waals surface area contributed by atoms with Gasteiger partial charge in [0.15, 0.2) is 5.02 Å². The summed E-state index contributed by atoms with van der Waals surface area (Å²) in [6.07, 6.45) is 4.86. The van der Waals surface area contributed by atoms with Crippen LogP contribution in [0.15, 0.2) is 24.7 Å². The van der Waals surface area contributed by atoms with Crippen molar-refractivity contribution in [3.05, 3.63) is 50.9 Å². The predicted molar refractivity (Wildman–Crippen MR) is 62.0 cm³/mol. The molecule has 7 heteroatoms. The Morgan fingerprint density at radius 2 is 2.29 bits per heavy atom. The van der Waals surface area contributed by atoms with Gasteiger partial charge in [0, 0.05) is 12.4 Å². The highest BCUT2D eigenvalue weighted by atomic mass is 35.5. The minimum absolute atomic E-state index is 0.0376. The molecular formula is C10H9ClN4O2. The summed E-state index contributed by atoms with van der Waals surface area (Å²) in [5, 5.41) is 14.4. The van der Waals surface area contributed by atoms with Crippen LogP contribution < -0.4 is 0 Å². The molecule has 0 bridgehead atoms. The van der Waals surface area contributed by atoms with Crippen molar-refractivity contribution in [1.82, 2.24) is 14.8 Å². The molecule has 0 aromatic carbocycles. The van der Waals surface area contributed by atoms with Crippen LogP contribution in [0.2, 0.25) is 5.02 Å². The smallest absolute Gasteiger partial charge is 0.358 e. The molecule has 0 spiro atoms. The van der Waals surface area contributed by atoms with Crippen molar-refractivity contribution in [2.75, 3.05) is 0 Å². The fourth-order valence-electron chi connectivity index (χ4n) is 1.48. The summed E-state index contributed by atoms with van der Waals surface area (Å²) >= 11 is 5.70. The van der Waals surface area contributed by atoms with Crippen molar-refractivity contribution < 1.29 is 4.92 Å². The van der Waals surface area contributed by atoms with Crippen molar-refractivity contribution in [1.29, 1.82) is 0 Å². The first-order chi connectivity index (χ1) is 8.06. The molecule has 0 aliphatic carbocycles. The van der Waals surface area contributed by atoms with E-state index in [4.69, 9.17) is 11.6 Å². The highest BCUT2D eigenvalue weighted by Crippen LogP contribution is 2.21. The molecular weight excluding hydrogens is 244 g/mol. The Morgan fingerprint density at radius 3 is 2.88 bits per heavy atom. The van der Waals surface area contributed by atoms with E-state index < -0.39 is 4.92 Å². The second-order valence-corrected chi connectivity index (χ2v) is 4.03. The summed E-state index contributed by atoms with van der Waals surface area (Å²) < 4.78 is 1.43. The summed E-state index contributed by atoms with van der Waals surface area (Å²) in [6, 6.07) is 1.94. The lowest BCUT2D eigenvalue weighted by Crippen LogP contribution is -2.01. The van der Waals surface area contributed by atoms with Gasteiger partial charge in [-0.2, -0.15) is 4.68 Å². The number of aryl methyl sites for hydroxylation is 1. The van der Waals surface area contributed by atoms with E-state index in [2.05, 4.69) is 10.1 Å². The summed E-state index contributed by atoms with van der Waals surface area (Å²) in [4.78, 5) is 14.0. The Morgan fingerprint density at radius 1 is 1.53 bits per heavy atom. The second kappa shape index (κ2) is 4.50. The van der Waals surface area contributed by atoms with E-state index in [0.29, 0.717) is 6.54 Å². The zero-order chi connectivity index (χ0) is 12.4. The molecule has 0 fully saturated rings. The number of halogens is 1. The molecule has 0 saturated heterocycles. The number of aromatic nitrogens is 3. The summed E-state index contributed by atoms with van der Waals surface area (Å²) in [5.74, 6) is -0.327. The standard InChI is InChI=1S/C10H9ClN4O2/c1-7-2-8(4-12-3-7)5-14-6-9(11)10(13-14)15(16)17/h2-4,6H,5H2,1H3. The van der Waals surface area contributed by atoms with Gasteiger partial charge in [-0.05, 0) is 23.0 Å². The Bertz CT molecular complexity index is 567. The minimum Gasteiger partial charge on any atom is -0.358 e. The van der Waals surface area contributed by atoms with E-state index in [0.717, 1.165) is 11.1 Å². The molecule has 88 valence electrons. The Labute approximate surface area is 102 Å². The van der Waals surface area contributed by atoms with Crippen molar-refractivity contribution in [3.8, 4) is 0 Å². The van der Waals surface area contributed by atoms with Crippen molar-refractivity contribution in [3.63, 3.8) is 0 Å². The van der Waals surface area contributed by atoms with Crippen molar-refractivity contribution in [2.45, 2.75) is 13.5 Å². The van der Waals surface area contributed by atoms with Crippen LogP contribution in [0.4, 0.5) is 5.82 Å². The van der Waals surface area contributed by atoms with Gasteiger partial charge in [-0.25, -0.2) is 0 Å². The quantitative estimate of drug-likeness (QED) is 0.620. The number of nitro groups is 1. The number of hydrogen-bond donors (Lipinski definition) is 0. The lowest BCUT2D eigenvalue weighted by Gasteiger charge is -1.98. The highest BCUT2D eigenvalue weighted by Gasteiger charge is 2.18. The van der Waals surface area contributed by atoms with Crippen LogP contribution in [-0.4, -0.2) is 19.7 Å². The third kappa shape index (κ3) is 2.59. The molecule has 0 aliphatic heterocycles. The summed E-state index contributed by atoms with van der Waals surface area (Å²) in [7, 11) is 0. The first-order valence-corrected chi connectivity index (χ1v) is 5.22. The molecule has 2 aromatic rings. The van der Waals surface area contributed by atoms with Crippen molar-refractivity contribution in [2.24, 2.45) is 0 Å². The van der Waals surface area contributed by atoms with Gasteiger partial charge < -0.3 is 10.1 Å². The van der Waals surface area contributed by atoms with Crippen molar-refractivity contribution >= 4 is 17.4 Å². The normalized spacial score (nSPS) is 10.5.